The molecule has 2 heteroatoms. The van der Waals surface area contributed by atoms with Gasteiger partial charge in [0, 0.05) is 23.3 Å². The molecular formula is C22H19NO. The van der Waals surface area contributed by atoms with Gasteiger partial charge in [-0.05, 0) is 36.2 Å². The van der Waals surface area contributed by atoms with Gasteiger partial charge in [0.05, 0.1) is 5.52 Å². The highest BCUT2D eigenvalue weighted by Gasteiger charge is 2.07. The molecule has 0 radical (unpaired) electrons. The van der Waals surface area contributed by atoms with Crippen LogP contribution in [-0.2, 0) is 6.61 Å². The average molecular weight is 313 g/mol. The number of hydrogen-bond donors (Lipinski definition) is 0. The Morgan fingerprint density at radius 2 is 1.62 bits per heavy atom. The molecule has 3 aromatic carbocycles. The Bertz CT molecular complexity index is 970. The number of rotatable bonds is 4. The normalized spacial score (nSPS) is 10.9. The van der Waals surface area contributed by atoms with E-state index in [1.54, 1.807) is 0 Å². The topological polar surface area (TPSA) is 14.2 Å². The summed E-state index contributed by atoms with van der Waals surface area (Å²) in [6, 6.07) is 27.0. The van der Waals surface area contributed by atoms with Crippen LogP contribution >= 0.6 is 0 Å². The van der Waals surface area contributed by atoms with Crippen molar-refractivity contribution in [1.82, 2.24) is 4.57 Å². The minimum Gasteiger partial charge on any atom is -0.489 e. The maximum atomic E-state index is 5.96. The molecular weight excluding hydrogens is 294 g/mol. The lowest BCUT2D eigenvalue weighted by atomic mass is 10.2. The van der Waals surface area contributed by atoms with Crippen molar-refractivity contribution in [1.29, 1.82) is 0 Å². The monoisotopic (exact) mass is 313 g/mol. The quantitative estimate of drug-likeness (QED) is 0.484. The van der Waals surface area contributed by atoms with Gasteiger partial charge in [0.25, 0.3) is 0 Å². The fourth-order valence-electron chi connectivity index (χ4n) is 3.03. The van der Waals surface area contributed by atoms with Crippen molar-refractivity contribution in [2.45, 2.75) is 13.5 Å². The minimum atomic E-state index is 0.579. The molecule has 0 atom stereocenters. The smallest absolute Gasteiger partial charge is 0.121 e. The summed E-state index contributed by atoms with van der Waals surface area (Å²) in [5, 5.41) is 1.29. The molecule has 24 heavy (non-hydrogen) atoms. The van der Waals surface area contributed by atoms with Crippen LogP contribution in [0, 0.1) is 6.92 Å². The third-order valence-corrected chi connectivity index (χ3v) is 4.26. The molecule has 0 saturated heterocycles. The van der Waals surface area contributed by atoms with Crippen LogP contribution in [0.1, 0.15) is 11.1 Å². The van der Waals surface area contributed by atoms with E-state index in [0.717, 1.165) is 11.4 Å². The Kier molecular flexibility index (Phi) is 3.80. The first kappa shape index (κ1) is 14.6. The zero-order chi connectivity index (χ0) is 16.4. The third-order valence-electron chi connectivity index (χ3n) is 4.26. The maximum absolute atomic E-state index is 5.96. The van der Waals surface area contributed by atoms with E-state index in [4.69, 9.17) is 4.74 Å². The van der Waals surface area contributed by atoms with Gasteiger partial charge in [-0.1, -0.05) is 54.6 Å². The number of fused-ring (bicyclic) bond motifs is 1. The van der Waals surface area contributed by atoms with E-state index in [-0.39, 0.29) is 0 Å². The highest BCUT2D eigenvalue weighted by atomic mass is 16.5. The zero-order valence-electron chi connectivity index (χ0n) is 13.6. The molecule has 0 amide bonds. The summed E-state index contributed by atoms with van der Waals surface area (Å²) in [5.41, 5.74) is 4.78. The predicted octanol–water partition coefficient (Wildman–Crippen LogP) is 5.52. The number of nitrogens with zero attached hydrogens (tertiary/aromatic N) is 1. The van der Waals surface area contributed by atoms with Crippen molar-refractivity contribution in [3.63, 3.8) is 0 Å². The maximum Gasteiger partial charge on any atom is 0.121 e. The van der Waals surface area contributed by atoms with Gasteiger partial charge in [0.15, 0.2) is 0 Å². The van der Waals surface area contributed by atoms with E-state index >= 15 is 0 Å². The van der Waals surface area contributed by atoms with E-state index in [9.17, 15) is 0 Å². The van der Waals surface area contributed by atoms with Gasteiger partial charge < -0.3 is 9.30 Å². The van der Waals surface area contributed by atoms with Gasteiger partial charge in [-0.15, -0.1) is 0 Å². The van der Waals surface area contributed by atoms with E-state index in [0.29, 0.717) is 6.61 Å². The number of ether oxygens (including phenoxy) is 1. The molecule has 0 aliphatic heterocycles. The fourth-order valence-corrected chi connectivity index (χ4v) is 3.03. The lowest BCUT2D eigenvalue weighted by Gasteiger charge is -2.10. The Morgan fingerprint density at radius 1 is 0.833 bits per heavy atom. The molecule has 0 N–H and O–H groups in total. The second-order valence-corrected chi connectivity index (χ2v) is 5.97. The molecule has 0 saturated carbocycles. The minimum absolute atomic E-state index is 0.579. The van der Waals surface area contributed by atoms with Crippen molar-refractivity contribution < 1.29 is 4.74 Å². The number of benzene rings is 3. The molecule has 1 aromatic heterocycles. The van der Waals surface area contributed by atoms with Crippen LogP contribution in [0.25, 0.3) is 16.6 Å². The summed E-state index contributed by atoms with van der Waals surface area (Å²) >= 11 is 0. The summed E-state index contributed by atoms with van der Waals surface area (Å²) in [6.07, 6.45) is 2.18. The molecule has 4 rings (SSSR count). The molecule has 118 valence electrons. The van der Waals surface area contributed by atoms with Crippen molar-refractivity contribution >= 4 is 10.9 Å². The standard InChI is InChI=1S/C22H19NO/c1-17-15-23(22-13-6-5-12-21(17)22)19-10-7-11-20(14-19)24-16-18-8-3-2-4-9-18/h2-15H,16H2,1H3. The van der Waals surface area contributed by atoms with Crippen LogP contribution in [0.3, 0.4) is 0 Å². The van der Waals surface area contributed by atoms with Crippen molar-refractivity contribution in [3.05, 3.63) is 96.2 Å². The zero-order valence-corrected chi connectivity index (χ0v) is 13.6. The van der Waals surface area contributed by atoms with Gasteiger partial charge in [0.1, 0.15) is 12.4 Å². The molecule has 0 fully saturated rings. The summed E-state index contributed by atoms with van der Waals surface area (Å²) in [4.78, 5) is 0. The Balaban J connectivity index is 1.64. The molecule has 0 bridgehead atoms. The summed E-state index contributed by atoms with van der Waals surface area (Å²) in [7, 11) is 0. The van der Waals surface area contributed by atoms with Gasteiger partial charge in [-0.25, -0.2) is 0 Å². The highest BCUT2D eigenvalue weighted by molar-refractivity contribution is 5.85. The van der Waals surface area contributed by atoms with Crippen molar-refractivity contribution in [2.75, 3.05) is 0 Å². The Hall–Kier alpha value is -3.00. The van der Waals surface area contributed by atoms with Crippen LogP contribution in [0.2, 0.25) is 0 Å². The molecule has 4 aromatic rings. The second-order valence-electron chi connectivity index (χ2n) is 5.97. The predicted molar refractivity (Wildman–Crippen MR) is 98.8 cm³/mol. The van der Waals surface area contributed by atoms with Crippen molar-refractivity contribution in [2.24, 2.45) is 0 Å². The van der Waals surface area contributed by atoms with Gasteiger partial charge in [0.2, 0.25) is 0 Å². The van der Waals surface area contributed by atoms with Crippen molar-refractivity contribution in [3.8, 4) is 11.4 Å². The van der Waals surface area contributed by atoms with Crippen LogP contribution in [0.5, 0.6) is 5.75 Å². The molecule has 1 heterocycles. The summed E-state index contributed by atoms with van der Waals surface area (Å²) in [6.45, 7) is 2.73. The Labute approximate surface area is 141 Å². The summed E-state index contributed by atoms with van der Waals surface area (Å²) in [5.74, 6) is 0.881. The average Bonchev–Trinajstić information content (AvgIpc) is 2.98. The third kappa shape index (κ3) is 2.79. The number of para-hydroxylation sites is 1. The summed E-state index contributed by atoms with van der Waals surface area (Å²) < 4.78 is 8.18. The first-order valence-electron chi connectivity index (χ1n) is 8.15. The molecule has 0 aliphatic rings. The van der Waals surface area contributed by atoms with Gasteiger partial charge >= 0.3 is 0 Å². The van der Waals surface area contributed by atoms with E-state index in [1.807, 2.05) is 30.3 Å². The molecule has 0 aliphatic carbocycles. The molecule has 0 unspecified atom stereocenters. The highest BCUT2D eigenvalue weighted by Crippen LogP contribution is 2.26. The van der Waals surface area contributed by atoms with E-state index in [2.05, 4.69) is 66.2 Å². The number of aromatic nitrogens is 1. The first-order chi connectivity index (χ1) is 11.8. The molecule has 2 nitrogen and oxygen atoms in total. The largest absolute Gasteiger partial charge is 0.489 e. The Morgan fingerprint density at radius 3 is 2.50 bits per heavy atom. The number of aryl methyl sites for hydroxylation is 1. The molecule has 0 spiro atoms. The van der Waals surface area contributed by atoms with Crippen LogP contribution in [0.15, 0.2) is 85.1 Å². The second kappa shape index (κ2) is 6.25. The van der Waals surface area contributed by atoms with Gasteiger partial charge in [-0.3, -0.25) is 0 Å². The van der Waals surface area contributed by atoms with E-state index < -0.39 is 0 Å². The number of hydrogen-bond acceptors (Lipinski definition) is 1. The van der Waals surface area contributed by atoms with Crippen LogP contribution < -0.4 is 4.74 Å². The SMILES string of the molecule is Cc1cn(-c2cccc(OCc3ccccc3)c2)c2ccccc12. The fraction of sp³-hybridized carbons (Fsp3) is 0.0909. The van der Waals surface area contributed by atoms with Gasteiger partial charge in [-0.2, -0.15) is 0 Å². The lowest BCUT2D eigenvalue weighted by molar-refractivity contribution is 0.306. The van der Waals surface area contributed by atoms with Crippen LogP contribution in [0.4, 0.5) is 0 Å². The lowest BCUT2D eigenvalue weighted by Crippen LogP contribution is -1.97. The first-order valence-corrected chi connectivity index (χ1v) is 8.15. The van der Waals surface area contributed by atoms with E-state index in [1.165, 1.54) is 22.0 Å². The van der Waals surface area contributed by atoms with Crippen LogP contribution in [-0.4, -0.2) is 4.57 Å².